The van der Waals surface area contributed by atoms with Crippen LogP contribution in [0, 0.1) is 5.92 Å². The van der Waals surface area contributed by atoms with Gasteiger partial charge in [-0.1, -0.05) is 12.1 Å². The molecule has 3 rings (SSSR count). The van der Waals surface area contributed by atoms with Gasteiger partial charge in [-0.25, -0.2) is 0 Å². The molecule has 1 aromatic heterocycles. The van der Waals surface area contributed by atoms with E-state index < -0.39 is 0 Å². The monoisotopic (exact) mass is 255 g/mol. The first-order chi connectivity index (χ1) is 8.34. The molecule has 1 N–H and O–H groups in total. The van der Waals surface area contributed by atoms with E-state index in [9.17, 15) is 0 Å². The number of ether oxygens (including phenoxy) is 1. The van der Waals surface area contributed by atoms with Crippen molar-refractivity contribution in [2.45, 2.75) is 25.5 Å². The molecule has 0 aromatic carbocycles. The molecule has 0 saturated carbocycles. The van der Waals surface area contributed by atoms with Gasteiger partial charge in [0.25, 0.3) is 0 Å². The predicted octanol–water partition coefficient (Wildman–Crippen LogP) is 1.54. The molecule has 0 amide bonds. The van der Waals surface area contributed by atoms with E-state index in [0.29, 0.717) is 17.6 Å². The molecule has 0 aliphatic carbocycles. The second-order valence-corrected chi connectivity index (χ2v) is 5.77. The first kappa shape index (κ1) is 11.5. The van der Waals surface area contributed by atoms with E-state index in [-0.39, 0.29) is 12.1 Å². The summed E-state index contributed by atoms with van der Waals surface area (Å²) in [5.41, 5.74) is 0. The minimum Gasteiger partial charge on any atom is -0.368 e. The van der Waals surface area contributed by atoms with Crippen LogP contribution in [0.15, 0.2) is 4.52 Å². The Bertz CT molecular complexity index is 379. The van der Waals surface area contributed by atoms with E-state index in [2.05, 4.69) is 22.4 Å². The summed E-state index contributed by atoms with van der Waals surface area (Å²) in [6.45, 7) is 4.01. The minimum atomic E-state index is 0.00274. The summed E-state index contributed by atoms with van der Waals surface area (Å²) in [5, 5.41) is 7.45. The molecular weight excluding hydrogens is 238 g/mol. The van der Waals surface area contributed by atoms with Gasteiger partial charge in [-0.15, -0.1) is 0 Å². The Hall–Kier alpha value is -0.590. The van der Waals surface area contributed by atoms with Gasteiger partial charge < -0.3 is 14.6 Å². The maximum atomic E-state index is 5.64. The van der Waals surface area contributed by atoms with E-state index in [1.807, 2.05) is 11.8 Å². The van der Waals surface area contributed by atoms with Gasteiger partial charge >= 0.3 is 0 Å². The smallest absolute Gasteiger partial charge is 0.244 e. The molecule has 6 heteroatoms. The summed E-state index contributed by atoms with van der Waals surface area (Å²) < 4.78 is 11.0. The zero-order valence-electron chi connectivity index (χ0n) is 9.89. The Kier molecular flexibility index (Phi) is 3.35. The van der Waals surface area contributed by atoms with E-state index in [4.69, 9.17) is 9.26 Å². The minimum absolute atomic E-state index is 0.00274. The topological polar surface area (TPSA) is 60.2 Å². The zero-order chi connectivity index (χ0) is 11.7. The average molecular weight is 255 g/mol. The zero-order valence-corrected chi connectivity index (χ0v) is 10.7. The second-order valence-electron chi connectivity index (χ2n) is 4.62. The number of hydrogen-bond acceptors (Lipinski definition) is 6. The van der Waals surface area contributed by atoms with Crippen molar-refractivity contribution in [2.75, 3.05) is 24.7 Å². The summed E-state index contributed by atoms with van der Waals surface area (Å²) >= 11 is 1.88. The molecule has 94 valence electrons. The molecule has 3 unspecified atom stereocenters. The van der Waals surface area contributed by atoms with Crippen molar-refractivity contribution >= 4 is 11.8 Å². The molecular formula is C11H17N3O2S. The van der Waals surface area contributed by atoms with Crippen LogP contribution < -0.4 is 5.32 Å². The quantitative estimate of drug-likeness (QED) is 0.865. The molecule has 0 spiro atoms. The average Bonchev–Trinajstić information content (AvgIpc) is 2.98. The van der Waals surface area contributed by atoms with Gasteiger partial charge in [0.2, 0.25) is 11.7 Å². The third kappa shape index (κ3) is 2.34. The van der Waals surface area contributed by atoms with Crippen LogP contribution in [-0.4, -0.2) is 34.8 Å². The summed E-state index contributed by atoms with van der Waals surface area (Å²) in [4.78, 5) is 4.49. The van der Waals surface area contributed by atoms with Gasteiger partial charge in [0.1, 0.15) is 6.10 Å². The van der Waals surface area contributed by atoms with Gasteiger partial charge in [0.15, 0.2) is 0 Å². The molecule has 3 heterocycles. The fourth-order valence-corrected chi connectivity index (χ4v) is 3.15. The number of nitrogens with one attached hydrogen (secondary N) is 1. The van der Waals surface area contributed by atoms with Crippen LogP contribution in [0.3, 0.4) is 0 Å². The molecule has 1 aromatic rings. The Morgan fingerprint density at radius 1 is 1.47 bits per heavy atom. The summed E-state index contributed by atoms with van der Waals surface area (Å²) in [5.74, 6) is 3.96. The lowest BCUT2D eigenvalue weighted by molar-refractivity contribution is 0.0677. The van der Waals surface area contributed by atoms with Crippen LogP contribution >= 0.6 is 11.8 Å². The Labute approximate surface area is 105 Å². The number of aromatic nitrogens is 2. The lowest BCUT2D eigenvalue weighted by Crippen LogP contribution is -2.18. The van der Waals surface area contributed by atoms with Crippen molar-refractivity contribution < 1.29 is 9.26 Å². The maximum Gasteiger partial charge on any atom is 0.244 e. The van der Waals surface area contributed by atoms with E-state index in [0.717, 1.165) is 31.1 Å². The van der Waals surface area contributed by atoms with Crippen LogP contribution in [0.25, 0.3) is 0 Å². The molecule has 5 nitrogen and oxygen atoms in total. The third-order valence-electron chi connectivity index (χ3n) is 3.36. The maximum absolute atomic E-state index is 5.64. The van der Waals surface area contributed by atoms with Gasteiger partial charge in [-0.2, -0.15) is 16.7 Å². The normalized spacial score (nSPS) is 34.1. The van der Waals surface area contributed by atoms with E-state index in [1.165, 1.54) is 0 Å². The van der Waals surface area contributed by atoms with Crippen molar-refractivity contribution in [1.82, 2.24) is 15.5 Å². The molecule has 17 heavy (non-hydrogen) atoms. The van der Waals surface area contributed by atoms with Gasteiger partial charge in [0.05, 0.1) is 12.6 Å². The first-order valence-electron chi connectivity index (χ1n) is 6.11. The summed E-state index contributed by atoms with van der Waals surface area (Å²) in [7, 11) is 0. The van der Waals surface area contributed by atoms with Crippen molar-refractivity contribution in [3.63, 3.8) is 0 Å². The highest BCUT2D eigenvalue weighted by Crippen LogP contribution is 2.30. The lowest BCUT2D eigenvalue weighted by Gasteiger charge is -2.18. The van der Waals surface area contributed by atoms with Gasteiger partial charge in [-0.05, 0) is 18.9 Å². The van der Waals surface area contributed by atoms with E-state index >= 15 is 0 Å². The number of rotatable bonds is 2. The van der Waals surface area contributed by atoms with Crippen LogP contribution in [0.4, 0.5) is 0 Å². The van der Waals surface area contributed by atoms with Crippen LogP contribution in [0.2, 0.25) is 0 Å². The van der Waals surface area contributed by atoms with E-state index in [1.54, 1.807) is 0 Å². The van der Waals surface area contributed by atoms with Crippen LogP contribution in [0.5, 0.6) is 0 Å². The van der Waals surface area contributed by atoms with Crippen molar-refractivity contribution in [3.8, 4) is 0 Å². The fraction of sp³-hybridized carbons (Fsp3) is 0.818. The van der Waals surface area contributed by atoms with Crippen molar-refractivity contribution in [2.24, 2.45) is 5.92 Å². The van der Waals surface area contributed by atoms with Crippen molar-refractivity contribution in [1.29, 1.82) is 0 Å². The number of hydrogen-bond donors (Lipinski definition) is 1. The Balaban J connectivity index is 1.73. The highest BCUT2D eigenvalue weighted by atomic mass is 32.2. The SMILES string of the molecule is CC1CCNC1c1nc(C2CSCCO2)no1. The molecule has 0 bridgehead atoms. The van der Waals surface area contributed by atoms with Crippen molar-refractivity contribution in [3.05, 3.63) is 11.7 Å². The van der Waals surface area contributed by atoms with Crippen LogP contribution in [0.1, 0.15) is 37.2 Å². The fourth-order valence-electron chi connectivity index (χ4n) is 2.31. The van der Waals surface area contributed by atoms with Gasteiger partial charge in [0, 0.05) is 11.5 Å². The third-order valence-corrected chi connectivity index (χ3v) is 4.35. The number of thioether (sulfide) groups is 1. The molecule has 2 fully saturated rings. The molecule has 0 radical (unpaired) electrons. The van der Waals surface area contributed by atoms with Gasteiger partial charge in [-0.3, -0.25) is 0 Å². The Morgan fingerprint density at radius 2 is 2.41 bits per heavy atom. The molecule has 2 aliphatic rings. The first-order valence-corrected chi connectivity index (χ1v) is 7.26. The molecule has 2 saturated heterocycles. The molecule has 3 atom stereocenters. The lowest BCUT2D eigenvalue weighted by atomic mass is 10.0. The number of nitrogens with zero attached hydrogens (tertiary/aromatic N) is 2. The predicted molar refractivity (Wildman–Crippen MR) is 64.8 cm³/mol. The highest BCUT2D eigenvalue weighted by molar-refractivity contribution is 7.99. The van der Waals surface area contributed by atoms with Crippen LogP contribution in [-0.2, 0) is 4.74 Å². The summed E-state index contributed by atoms with van der Waals surface area (Å²) in [6.07, 6.45) is 1.17. The largest absolute Gasteiger partial charge is 0.368 e. The second kappa shape index (κ2) is 4.96. The molecule has 2 aliphatic heterocycles. The Morgan fingerprint density at radius 3 is 3.12 bits per heavy atom. The standard InChI is InChI=1S/C11H17N3O2S/c1-7-2-3-12-9(7)11-13-10(14-16-11)8-6-17-5-4-15-8/h7-9,12H,2-6H2,1H3. The highest BCUT2D eigenvalue weighted by Gasteiger charge is 2.31. The summed E-state index contributed by atoms with van der Waals surface area (Å²) in [6, 6.07) is 0.215.